The summed E-state index contributed by atoms with van der Waals surface area (Å²) >= 11 is 0. The van der Waals surface area contributed by atoms with E-state index in [2.05, 4.69) is 25.9 Å². The number of carbonyl (C=O) groups excluding carboxylic acids is 1. The smallest absolute Gasteiger partial charge is 0.338 e. The third-order valence-electron chi connectivity index (χ3n) is 3.54. The zero-order valence-electron chi connectivity index (χ0n) is 13.1. The molecule has 0 saturated heterocycles. The molecule has 1 rings (SSSR count). The molecule has 2 unspecified atom stereocenters. The molecule has 0 fully saturated rings. The summed E-state index contributed by atoms with van der Waals surface area (Å²) in [5.74, 6) is -0.230. The third kappa shape index (κ3) is 5.74. The van der Waals surface area contributed by atoms with Gasteiger partial charge >= 0.3 is 5.97 Å². The van der Waals surface area contributed by atoms with Gasteiger partial charge in [-0.2, -0.15) is 0 Å². The van der Waals surface area contributed by atoms with Crippen molar-refractivity contribution in [3.05, 3.63) is 35.9 Å². The molecule has 3 nitrogen and oxygen atoms in total. The molecule has 0 bridgehead atoms. The molecule has 0 aliphatic carbocycles. The molecule has 0 aromatic heterocycles. The molecule has 0 amide bonds. The number of esters is 1. The quantitative estimate of drug-likeness (QED) is 0.678. The average molecular weight is 277 g/mol. The lowest BCUT2D eigenvalue weighted by Gasteiger charge is -2.27. The number of benzene rings is 1. The van der Waals surface area contributed by atoms with Crippen molar-refractivity contribution >= 4 is 5.97 Å². The van der Waals surface area contributed by atoms with Crippen molar-refractivity contribution in [3.63, 3.8) is 0 Å². The van der Waals surface area contributed by atoms with Crippen LogP contribution in [-0.4, -0.2) is 37.1 Å². The van der Waals surface area contributed by atoms with E-state index in [0.29, 0.717) is 11.6 Å². The Morgan fingerprint density at radius 1 is 1.25 bits per heavy atom. The lowest BCUT2D eigenvalue weighted by molar-refractivity contribution is 0.0264. The van der Waals surface area contributed by atoms with Gasteiger partial charge < -0.3 is 9.64 Å². The second kappa shape index (κ2) is 8.75. The molecular formula is C17H27NO2. The summed E-state index contributed by atoms with van der Waals surface area (Å²) in [6, 6.07) is 9.64. The lowest BCUT2D eigenvalue weighted by Crippen LogP contribution is -2.32. The van der Waals surface area contributed by atoms with Crippen LogP contribution in [0, 0.1) is 0 Å². The van der Waals surface area contributed by atoms with E-state index >= 15 is 0 Å². The van der Waals surface area contributed by atoms with Crippen molar-refractivity contribution in [2.45, 2.75) is 51.7 Å². The zero-order valence-corrected chi connectivity index (χ0v) is 13.1. The van der Waals surface area contributed by atoms with Gasteiger partial charge in [-0.3, -0.25) is 0 Å². The maximum atomic E-state index is 12.0. The Balaban J connectivity index is 2.48. The van der Waals surface area contributed by atoms with E-state index in [1.165, 1.54) is 12.8 Å². The molecule has 20 heavy (non-hydrogen) atoms. The summed E-state index contributed by atoms with van der Waals surface area (Å²) in [6.45, 7) is 4.18. The van der Waals surface area contributed by atoms with Crippen LogP contribution in [0.3, 0.4) is 0 Å². The van der Waals surface area contributed by atoms with E-state index in [1.54, 1.807) is 12.1 Å². The van der Waals surface area contributed by atoms with Crippen molar-refractivity contribution in [3.8, 4) is 0 Å². The molecule has 3 heteroatoms. The molecule has 0 aliphatic heterocycles. The first-order valence-corrected chi connectivity index (χ1v) is 7.47. The monoisotopic (exact) mass is 277 g/mol. The minimum atomic E-state index is -0.230. The SMILES string of the molecule is CCCCC(CC(C)OC(=O)c1ccccc1)N(C)C. The van der Waals surface area contributed by atoms with Crippen LogP contribution in [0.15, 0.2) is 30.3 Å². The second-order valence-electron chi connectivity index (χ2n) is 5.58. The molecule has 0 spiro atoms. The molecule has 112 valence electrons. The molecule has 0 saturated carbocycles. The fraction of sp³-hybridized carbons (Fsp3) is 0.588. The van der Waals surface area contributed by atoms with Crippen LogP contribution < -0.4 is 0 Å². The highest BCUT2D eigenvalue weighted by Crippen LogP contribution is 2.15. The highest BCUT2D eigenvalue weighted by Gasteiger charge is 2.18. The van der Waals surface area contributed by atoms with Gasteiger partial charge in [0.1, 0.15) is 6.10 Å². The highest BCUT2D eigenvalue weighted by atomic mass is 16.5. The Morgan fingerprint density at radius 3 is 2.45 bits per heavy atom. The Morgan fingerprint density at radius 2 is 1.90 bits per heavy atom. The number of rotatable bonds is 8. The first-order valence-electron chi connectivity index (χ1n) is 7.47. The van der Waals surface area contributed by atoms with E-state index in [-0.39, 0.29) is 12.1 Å². The van der Waals surface area contributed by atoms with Gasteiger partial charge in [0.15, 0.2) is 0 Å². The molecular weight excluding hydrogens is 250 g/mol. The van der Waals surface area contributed by atoms with Gasteiger partial charge in [0.25, 0.3) is 0 Å². The van der Waals surface area contributed by atoms with Crippen LogP contribution in [0.2, 0.25) is 0 Å². The van der Waals surface area contributed by atoms with Gasteiger partial charge in [0.2, 0.25) is 0 Å². The Labute approximate surface area is 122 Å². The van der Waals surface area contributed by atoms with Gasteiger partial charge in [-0.15, -0.1) is 0 Å². The number of ether oxygens (including phenoxy) is 1. The number of nitrogens with zero attached hydrogens (tertiary/aromatic N) is 1. The van der Waals surface area contributed by atoms with E-state index in [9.17, 15) is 4.79 Å². The van der Waals surface area contributed by atoms with Crippen molar-refractivity contribution in [2.75, 3.05) is 14.1 Å². The predicted molar refractivity (Wildman–Crippen MR) is 82.9 cm³/mol. The van der Waals surface area contributed by atoms with E-state index in [0.717, 1.165) is 12.8 Å². The fourth-order valence-corrected chi connectivity index (χ4v) is 2.28. The fourth-order valence-electron chi connectivity index (χ4n) is 2.28. The van der Waals surface area contributed by atoms with E-state index < -0.39 is 0 Å². The Bertz CT molecular complexity index is 389. The molecule has 0 N–H and O–H groups in total. The summed E-state index contributed by atoms with van der Waals surface area (Å²) < 4.78 is 5.53. The first kappa shape index (κ1) is 16.7. The summed E-state index contributed by atoms with van der Waals surface area (Å²) in [4.78, 5) is 14.2. The van der Waals surface area contributed by atoms with Gasteiger partial charge in [0.05, 0.1) is 5.56 Å². The van der Waals surface area contributed by atoms with Crippen LogP contribution >= 0.6 is 0 Å². The van der Waals surface area contributed by atoms with Gasteiger partial charge in [-0.1, -0.05) is 38.0 Å². The van der Waals surface area contributed by atoms with Crippen LogP contribution in [0.1, 0.15) is 49.9 Å². The zero-order chi connectivity index (χ0) is 15.0. The van der Waals surface area contributed by atoms with Crippen LogP contribution in [0.4, 0.5) is 0 Å². The van der Waals surface area contributed by atoms with Gasteiger partial charge in [-0.05, 0) is 46.0 Å². The van der Waals surface area contributed by atoms with Crippen molar-refractivity contribution < 1.29 is 9.53 Å². The normalized spacial score (nSPS) is 14.1. The van der Waals surface area contributed by atoms with Crippen molar-refractivity contribution in [2.24, 2.45) is 0 Å². The second-order valence-corrected chi connectivity index (χ2v) is 5.58. The largest absolute Gasteiger partial charge is 0.459 e. The summed E-state index contributed by atoms with van der Waals surface area (Å²) in [5, 5.41) is 0. The Hall–Kier alpha value is -1.35. The van der Waals surface area contributed by atoms with E-state index in [4.69, 9.17) is 4.74 Å². The predicted octanol–water partition coefficient (Wildman–Crippen LogP) is 3.74. The van der Waals surface area contributed by atoms with Crippen molar-refractivity contribution in [1.29, 1.82) is 0 Å². The minimum absolute atomic E-state index is 0.0630. The summed E-state index contributed by atoms with van der Waals surface area (Å²) in [6.07, 6.45) is 4.37. The minimum Gasteiger partial charge on any atom is -0.459 e. The summed E-state index contributed by atoms with van der Waals surface area (Å²) in [5.41, 5.74) is 0.620. The van der Waals surface area contributed by atoms with Gasteiger partial charge in [0, 0.05) is 6.04 Å². The average Bonchev–Trinajstić information content (AvgIpc) is 2.44. The van der Waals surface area contributed by atoms with Crippen molar-refractivity contribution in [1.82, 2.24) is 4.90 Å². The van der Waals surface area contributed by atoms with Gasteiger partial charge in [-0.25, -0.2) is 4.79 Å². The molecule has 0 heterocycles. The van der Waals surface area contributed by atoms with Crippen LogP contribution in [0.25, 0.3) is 0 Å². The standard InChI is InChI=1S/C17H27NO2/c1-5-6-12-16(18(3)4)13-14(2)20-17(19)15-10-8-7-9-11-15/h7-11,14,16H,5-6,12-13H2,1-4H3. The maximum Gasteiger partial charge on any atom is 0.338 e. The third-order valence-corrected chi connectivity index (χ3v) is 3.54. The molecule has 1 aromatic carbocycles. The highest BCUT2D eigenvalue weighted by molar-refractivity contribution is 5.89. The summed E-state index contributed by atoms with van der Waals surface area (Å²) in [7, 11) is 4.18. The maximum absolute atomic E-state index is 12.0. The number of hydrogen-bond acceptors (Lipinski definition) is 3. The Kier molecular flexibility index (Phi) is 7.31. The molecule has 2 atom stereocenters. The number of hydrogen-bond donors (Lipinski definition) is 0. The van der Waals surface area contributed by atoms with E-state index in [1.807, 2.05) is 25.1 Å². The topological polar surface area (TPSA) is 29.5 Å². The number of unbranched alkanes of at least 4 members (excludes halogenated alkanes) is 1. The molecule has 1 aromatic rings. The lowest BCUT2D eigenvalue weighted by atomic mass is 10.0. The molecule has 0 aliphatic rings. The van der Waals surface area contributed by atoms with Crippen LogP contribution in [-0.2, 0) is 4.74 Å². The molecule has 0 radical (unpaired) electrons. The first-order chi connectivity index (χ1) is 9.54. The number of carbonyl (C=O) groups is 1. The van der Waals surface area contributed by atoms with Crippen LogP contribution in [0.5, 0.6) is 0 Å².